The van der Waals surface area contributed by atoms with Gasteiger partial charge in [-0.1, -0.05) is 13.8 Å². The van der Waals surface area contributed by atoms with Crippen LogP contribution in [0.2, 0.25) is 0 Å². The lowest BCUT2D eigenvalue weighted by atomic mass is 10.2. The molecular weight excluding hydrogens is 288 g/mol. The van der Waals surface area contributed by atoms with Gasteiger partial charge in [0.25, 0.3) is 0 Å². The van der Waals surface area contributed by atoms with Crippen LogP contribution in [0.4, 0.5) is 17.6 Å². The van der Waals surface area contributed by atoms with Crippen molar-refractivity contribution < 1.29 is 22.3 Å². The van der Waals surface area contributed by atoms with Gasteiger partial charge in [0, 0.05) is 12.0 Å². The second kappa shape index (κ2) is 5.67. The van der Waals surface area contributed by atoms with Crippen molar-refractivity contribution in [2.45, 2.75) is 25.9 Å². The van der Waals surface area contributed by atoms with Crippen LogP contribution < -0.4 is 4.74 Å². The third-order valence-corrected chi connectivity index (χ3v) is 2.56. The molecule has 0 radical (unpaired) electrons. The molecule has 0 bridgehead atoms. The number of nitrogens with zero attached hydrogens (tertiary/aromatic N) is 2. The molecule has 2 rings (SSSR count). The average molecular weight is 300 g/mol. The molecule has 0 amide bonds. The van der Waals surface area contributed by atoms with Crippen molar-refractivity contribution in [1.82, 2.24) is 9.97 Å². The van der Waals surface area contributed by atoms with Crippen LogP contribution in [0, 0.1) is 5.82 Å². The minimum Gasteiger partial charge on any atom is -0.439 e. The fourth-order valence-electron chi connectivity index (χ4n) is 1.52. The third kappa shape index (κ3) is 3.90. The van der Waals surface area contributed by atoms with Gasteiger partial charge in [-0.25, -0.2) is 9.37 Å². The maximum Gasteiger partial charge on any atom is 0.433 e. The lowest BCUT2D eigenvalue weighted by Gasteiger charge is -2.12. The summed E-state index contributed by atoms with van der Waals surface area (Å²) in [5, 5.41) is 0. The van der Waals surface area contributed by atoms with E-state index in [0.29, 0.717) is 0 Å². The van der Waals surface area contributed by atoms with Crippen LogP contribution in [0.5, 0.6) is 11.6 Å². The lowest BCUT2D eigenvalue weighted by Crippen LogP contribution is -2.12. The van der Waals surface area contributed by atoms with Gasteiger partial charge in [0.05, 0.1) is 0 Å². The van der Waals surface area contributed by atoms with E-state index in [1.54, 1.807) is 13.8 Å². The van der Waals surface area contributed by atoms with Crippen molar-refractivity contribution in [3.8, 4) is 11.6 Å². The predicted molar refractivity (Wildman–Crippen MR) is 67.6 cm³/mol. The lowest BCUT2D eigenvalue weighted by molar-refractivity contribution is -0.141. The summed E-state index contributed by atoms with van der Waals surface area (Å²) in [6, 6.07) is 5.61. The van der Waals surface area contributed by atoms with Gasteiger partial charge in [0.1, 0.15) is 17.4 Å². The summed E-state index contributed by atoms with van der Waals surface area (Å²) < 4.78 is 56.5. The number of aromatic nitrogens is 2. The first kappa shape index (κ1) is 15.2. The second-order valence-corrected chi connectivity index (χ2v) is 4.66. The first-order valence-corrected chi connectivity index (χ1v) is 6.15. The van der Waals surface area contributed by atoms with Crippen molar-refractivity contribution in [3.05, 3.63) is 47.7 Å². The monoisotopic (exact) mass is 300 g/mol. The Morgan fingerprint density at radius 3 is 2.19 bits per heavy atom. The van der Waals surface area contributed by atoms with E-state index in [1.807, 2.05) is 0 Å². The van der Waals surface area contributed by atoms with Gasteiger partial charge in [-0.05, 0) is 24.3 Å². The molecule has 0 aliphatic rings. The SMILES string of the molecule is CC(C)c1nc(Oc2ccc(F)cc2)cc(C(F)(F)F)n1. The highest BCUT2D eigenvalue weighted by Crippen LogP contribution is 2.31. The number of ether oxygens (including phenoxy) is 1. The van der Waals surface area contributed by atoms with Crippen LogP contribution in [0.1, 0.15) is 31.3 Å². The second-order valence-electron chi connectivity index (χ2n) is 4.66. The van der Waals surface area contributed by atoms with E-state index >= 15 is 0 Å². The fraction of sp³-hybridized carbons (Fsp3) is 0.286. The molecule has 0 saturated carbocycles. The van der Waals surface area contributed by atoms with Crippen molar-refractivity contribution in [2.75, 3.05) is 0 Å². The van der Waals surface area contributed by atoms with Crippen LogP contribution in [-0.2, 0) is 6.18 Å². The van der Waals surface area contributed by atoms with E-state index in [9.17, 15) is 17.6 Å². The Bertz CT molecular complexity index is 624. The summed E-state index contributed by atoms with van der Waals surface area (Å²) in [7, 11) is 0. The molecule has 0 saturated heterocycles. The predicted octanol–water partition coefficient (Wildman–Crippen LogP) is 4.55. The Morgan fingerprint density at radius 2 is 1.67 bits per heavy atom. The van der Waals surface area contributed by atoms with E-state index < -0.39 is 17.7 Å². The first-order valence-electron chi connectivity index (χ1n) is 6.15. The van der Waals surface area contributed by atoms with Gasteiger partial charge >= 0.3 is 6.18 Å². The van der Waals surface area contributed by atoms with E-state index in [4.69, 9.17) is 4.74 Å². The van der Waals surface area contributed by atoms with Gasteiger partial charge in [-0.2, -0.15) is 18.2 Å². The molecule has 0 fully saturated rings. The molecule has 0 N–H and O–H groups in total. The minimum absolute atomic E-state index is 0.0296. The summed E-state index contributed by atoms with van der Waals surface area (Å²) in [6.07, 6.45) is -4.59. The normalized spacial score (nSPS) is 11.8. The number of rotatable bonds is 3. The van der Waals surface area contributed by atoms with Crippen molar-refractivity contribution >= 4 is 0 Å². The third-order valence-electron chi connectivity index (χ3n) is 2.56. The summed E-state index contributed by atoms with van der Waals surface area (Å²) in [5.74, 6) is -0.765. The molecule has 0 atom stereocenters. The van der Waals surface area contributed by atoms with Gasteiger partial charge in [0.2, 0.25) is 5.88 Å². The van der Waals surface area contributed by atoms with E-state index in [2.05, 4.69) is 9.97 Å². The molecule has 0 spiro atoms. The Balaban J connectivity index is 2.38. The van der Waals surface area contributed by atoms with E-state index in [-0.39, 0.29) is 23.4 Å². The van der Waals surface area contributed by atoms with Crippen LogP contribution in [0.25, 0.3) is 0 Å². The summed E-state index contributed by atoms with van der Waals surface area (Å²) in [4.78, 5) is 7.42. The summed E-state index contributed by atoms with van der Waals surface area (Å²) in [6.45, 7) is 3.36. The maximum atomic E-state index is 12.8. The van der Waals surface area contributed by atoms with Crippen molar-refractivity contribution in [3.63, 3.8) is 0 Å². The average Bonchev–Trinajstić information content (AvgIpc) is 2.40. The van der Waals surface area contributed by atoms with E-state index in [1.165, 1.54) is 12.1 Å². The molecule has 0 aliphatic carbocycles. The largest absolute Gasteiger partial charge is 0.439 e. The van der Waals surface area contributed by atoms with Crippen molar-refractivity contribution in [1.29, 1.82) is 0 Å². The van der Waals surface area contributed by atoms with Crippen LogP contribution in [0.3, 0.4) is 0 Å². The van der Waals surface area contributed by atoms with Crippen molar-refractivity contribution in [2.24, 2.45) is 0 Å². The molecule has 0 unspecified atom stereocenters. The zero-order valence-electron chi connectivity index (χ0n) is 11.3. The quantitative estimate of drug-likeness (QED) is 0.780. The fourth-order valence-corrected chi connectivity index (χ4v) is 1.52. The smallest absolute Gasteiger partial charge is 0.433 e. The molecule has 7 heteroatoms. The van der Waals surface area contributed by atoms with E-state index in [0.717, 1.165) is 18.2 Å². The number of hydrogen-bond donors (Lipinski definition) is 0. The molecule has 1 aromatic heterocycles. The molecule has 1 heterocycles. The summed E-state index contributed by atoms with van der Waals surface area (Å²) >= 11 is 0. The van der Waals surface area contributed by atoms with Crippen LogP contribution >= 0.6 is 0 Å². The van der Waals surface area contributed by atoms with Gasteiger partial charge < -0.3 is 4.74 Å². The topological polar surface area (TPSA) is 35.0 Å². The van der Waals surface area contributed by atoms with Gasteiger partial charge in [0.15, 0.2) is 5.69 Å². The molecule has 21 heavy (non-hydrogen) atoms. The zero-order chi connectivity index (χ0) is 15.6. The van der Waals surface area contributed by atoms with Gasteiger partial charge in [-0.3, -0.25) is 0 Å². The van der Waals surface area contributed by atoms with Crippen LogP contribution in [0.15, 0.2) is 30.3 Å². The summed E-state index contributed by atoms with van der Waals surface area (Å²) in [5.41, 5.74) is -1.07. The highest BCUT2D eigenvalue weighted by Gasteiger charge is 2.34. The Hall–Kier alpha value is -2.18. The Labute approximate surface area is 118 Å². The first-order chi connectivity index (χ1) is 9.75. The highest BCUT2D eigenvalue weighted by molar-refractivity contribution is 5.29. The Morgan fingerprint density at radius 1 is 1.05 bits per heavy atom. The zero-order valence-corrected chi connectivity index (χ0v) is 11.3. The standard InChI is InChI=1S/C14H12F4N2O/c1-8(2)13-19-11(14(16,17)18)7-12(20-13)21-10-5-3-9(15)4-6-10/h3-8H,1-2H3. The Kier molecular flexibility index (Phi) is 4.11. The minimum atomic E-state index is -4.59. The molecular formula is C14H12F4N2O. The molecule has 112 valence electrons. The molecule has 0 aliphatic heterocycles. The number of hydrogen-bond acceptors (Lipinski definition) is 3. The highest BCUT2D eigenvalue weighted by atomic mass is 19.4. The maximum absolute atomic E-state index is 12.8. The molecule has 2 aromatic rings. The molecule has 3 nitrogen and oxygen atoms in total. The molecule has 1 aromatic carbocycles. The number of benzene rings is 1. The van der Waals surface area contributed by atoms with Crippen LogP contribution in [-0.4, -0.2) is 9.97 Å². The number of alkyl halides is 3. The van der Waals surface area contributed by atoms with Gasteiger partial charge in [-0.15, -0.1) is 0 Å². The number of halogens is 4.